The normalized spacial score (nSPS) is 16.4. The molecule has 2 aromatic heterocycles. The van der Waals surface area contributed by atoms with Gasteiger partial charge in [0.2, 0.25) is 5.91 Å². The van der Waals surface area contributed by atoms with E-state index in [0.29, 0.717) is 24.7 Å². The molecule has 1 N–H and O–H groups in total. The Hall–Kier alpha value is -2.47. The highest BCUT2D eigenvalue weighted by molar-refractivity contribution is 7.18. The Kier molecular flexibility index (Phi) is 6.39. The molecular formula is C26H31N3O2S. The van der Waals surface area contributed by atoms with Crippen LogP contribution in [0.5, 0.6) is 0 Å². The van der Waals surface area contributed by atoms with Gasteiger partial charge in [0, 0.05) is 30.3 Å². The van der Waals surface area contributed by atoms with Crippen LogP contribution in [-0.2, 0) is 30.5 Å². The Labute approximate surface area is 192 Å². The second-order valence-electron chi connectivity index (χ2n) is 9.16. The lowest BCUT2D eigenvalue weighted by Crippen LogP contribution is -2.40. The number of carbonyl (C=O) groups is 1. The summed E-state index contributed by atoms with van der Waals surface area (Å²) in [5.41, 5.74) is 2.44. The second-order valence-corrected chi connectivity index (χ2v) is 10.2. The fraction of sp³-hybridized carbons (Fsp3) is 0.500. The van der Waals surface area contributed by atoms with Crippen LogP contribution in [0.1, 0.15) is 66.8 Å². The average molecular weight is 450 g/mol. The average Bonchev–Trinajstić information content (AvgIpc) is 3.46. The monoisotopic (exact) mass is 449 g/mol. The van der Waals surface area contributed by atoms with Crippen molar-refractivity contribution in [2.75, 3.05) is 6.54 Å². The Balaban J connectivity index is 1.29. The molecule has 1 saturated carbocycles. The molecule has 1 aromatic carbocycles. The maximum absolute atomic E-state index is 13.2. The number of nitrogens with one attached hydrogen (secondary N) is 1. The number of aromatic nitrogens is 2. The molecule has 0 radical (unpaired) electrons. The van der Waals surface area contributed by atoms with E-state index in [-0.39, 0.29) is 11.5 Å². The first-order valence-electron chi connectivity index (χ1n) is 12.1. The minimum Gasteiger partial charge on any atom is -0.339 e. The van der Waals surface area contributed by atoms with Gasteiger partial charge in [-0.15, -0.1) is 11.3 Å². The number of aryl methyl sites for hydroxylation is 3. The van der Waals surface area contributed by atoms with Crippen LogP contribution < -0.4 is 5.56 Å². The summed E-state index contributed by atoms with van der Waals surface area (Å²) in [4.78, 5) is 38.0. The molecule has 0 bridgehead atoms. The van der Waals surface area contributed by atoms with E-state index < -0.39 is 0 Å². The summed E-state index contributed by atoms with van der Waals surface area (Å²) in [6.07, 6.45) is 10.7. The molecule has 2 aliphatic rings. The van der Waals surface area contributed by atoms with Crippen LogP contribution in [0.25, 0.3) is 10.2 Å². The van der Waals surface area contributed by atoms with Gasteiger partial charge >= 0.3 is 0 Å². The van der Waals surface area contributed by atoms with Crippen LogP contribution in [0, 0.1) is 0 Å². The second kappa shape index (κ2) is 9.57. The van der Waals surface area contributed by atoms with Crippen LogP contribution in [0.2, 0.25) is 0 Å². The molecular weight excluding hydrogens is 418 g/mol. The lowest BCUT2D eigenvalue weighted by atomic mass is 9.97. The van der Waals surface area contributed by atoms with Crippen molar-refractivity contribution >= 4 is 27.5 Å². The predicted molar refractivity (Wildman–Crippen MR) is 129 cm³/mol. The Morgan fingerprint density at radius 3 is 2.66 bits per heavy atom. The molecule has 0 aliphatic heterocycles. The summed E-state index contributed by atoms with van der Waals surface area (Å²) in [5.74, 6) is 0.824. The molecule has 2 aliphatic carbocycles. The fourth-order valence-corrected chi connectivity index (χ4v) is 6.60. The van der Waals surface area contributed by atoms with Gasteiger partial charge in [0.25, 0.3) is 5.56 Å². The Morgan fingerprint density at radius 1 is 1.06 bits per heavy atom. The zero-order valence-electron chi connectivity index (χ0n) is 18.6. The van der Waals surface area contributed by atoms with Crippen molar-refractivity contribution in [1.82, 2.24) is 14.9 Å². The molecule has 32 heavy (non-hydrogen) atoms. The Bertz CT molecular complexity index is 1150. The van der Waals surface area contributed by atoms with Crippen molar-refractivity contribution in [3.05, 3.63) is 62.5 Å². The number of hydrogen-bond acceptors (Lipinski definition) is 4. The summed E-state index contributed by atoms with van der Waals surface area (Å²) in [5, 5.41) is 0.787. The molecule has 1 fully saturated rings. The number of H-pyrrole nitrogens is 1. The summed E-state index contributed by atoms with van der Waals surface area (Å²) < 4.78 is 0. The minimum absolute atomic E-state index is 0.0337. The highest BCUT2D eigenvalue weighted by Gasteiger charge is 2.26. The molecule has 0 atom stereocenters. The van der Waals surface area contributed by atoms with E-state index in [1.807, 2.05) is 6.07 Å². The van der Waals surface area contributed by atoms with E-state index in [2.05, 4.69) is 34.1 Å². The van der Waals surface area contributed by atoms with E-state index in [1.54, 1.807) is 11.3 Å². The summed E-state index contributed by atoms with van der Waals surface area (Å²) in [6.45, 7) is 0.758. The van der Waals surface area contributed by atoms with Crippen molar-refractivity contribution in [1.29, 1.82) is 0 Å². The van der Waals surface area contributed by atoms with Crippen molar-refractivity contribution in [3.8, 4) is 0 Å². The fourth-order valence-electron chi connectivity index (χ4n) is 5.32. The number of carbonyl (C=O) groups excluding carboxylic acids is 1. The minimum atomic E-state index is -0.0337. The molecule has 168 valence electrons. The number of thiophene rings is 1. The van der Waals surface area contributed by atoms with Crippen molar-refractivity contribution in [3.63, 3.8) is 0 Å². The van der Waals surface area contributed by atoms with Gasteiger partial charge in [-0.3, -0.25) is 9.59 Å². The van der Waals surface area contributed by atoms with Gasteiger partial charge in [0.1, 0.15) is 10.7 Å². The lowest BCUT2D eigenvalue weighted by Gasteiger charge is -2.29. The zero-order chi connectivity index (χ0) is 21.9. The quantitative estimate of drug-likeness (QED) is 0.563. The first-order chi connectivity index (χ1) is 15.7. The third-order valence-electron chi connectivity index (χ3n) is 7.02. The van der Waals surface area contributed by atoms with Gasteiger partial charge in [0.15, 0.2) is 0 Å². The molecule has 5 rings (SSSR count). The SMILES string of the molecule is O=C(CCc1nc2sc3c(c2c(=O)[nH]1)CCCC3)N(CCc1ccccc1)C1CCCC1. The van der Waals surface area contributed by atoms with E-state index in [4.69, 9.17) is 4.98 Å². The highest BCUT2D eigenvalue weighted by atomic mass is 32.1. The van der Waals surface area contributed by atoms with Gasteiger partial charge in [-0.05, 0) is 56.1 Å². The first-order valence-corrected chi connectivity index (χ1v) is 12.9. The lowest BCUT2D eigenvalue weighted by molar-refractivity contribution is -0.133. The van der Waals surface area contributed by atoms with Crippen LogP contribution in [0.3, 0.4) is 0 Å². The smallest absolute Gasteiger partial charge is 0.259 e. The van der Waals surface area contributed by atoms with Gasteiger partial charge in [-0.2, -0.15) is 0 Å². The predicted octanol–water partition coefficient (Wildman–Crippen LogP) is 4.81. The van der Waals surface area contributed by atoms with Crippen molar-refractivity contribution in [2.45, 2.75) is 76.7 Å². The largest absolute Gasteiger partial charge is 0.339 e. The molecule has 5 nitrogen and oxygen atoms in total. The van der Waals surface area contributed by atoms with Crippen LogP contribution in [-0.4, -0.2) is 33.4 Å². The van der Waals surface area contributed by atoms with Crippen LogP contribution in [0.4, 0.5) is 0 Å². The maximum Gasteiger partial charge on any atom is 0.259 e. The van der Waals surface area contributed by atoms with E-state index in [1.165, 1.54) is 35.3 Å². The number of hydrogen-bond donors (Lipinski definition) is 1. The van der Waals surface area contributed by atoms with Gasteiger partial charge in [-0.25, -0.2) is 4.98 Å². The van der Waals surface area contributed by atoms with Crippen molar-refractivity contribution in [2.24, 2.45) is 0 Å². The third-order valence-corrected chi connectivity index (χ3v) is 8.21. The van der Waals surface area contributed by atoms with E-state index in [9.17, 15) is 9.59 Å². The maximum atomic E-state index is 13.2. The number of fused-ring (bicyclic) bond motifs is 3. The molecule has 0 unspecified atom stereocenters. The van der Waals surface area contributed by atoms with E-state index >= 15 is 0 Å². The Morgan fingerprint density at radius 2 is 1.84 bits per heavy atom. The number of benzene rings is 1. The summed E-state index contributed by atoms with van der Waals surface area (Å²) >= 11 is 1.67. The first kappa shape index (κ1) is 21.4. The van der Waals surface area contributed by atoms with Crippen LogP contribution in [0.15, 0.2) is 35.1 Å². The van der Waals surface area contributed by atoms with Crippen LogP contribution >= 0.6 is 11.3 Å². The number of aromatic amines is 1. The standard InChI is InChI=1S/C26H31N3O2S/c30-23(29(19-10-4-5-11-19)17-16-18-8-2-1-3-9-18)15-14-22-27-25(31)24-20-12-6-7-13-21(20)32-26(24)28-22/h1-3,8-9,19H,4-7,10-17H2,(H,27,28,31). The molecule has 0 spiro atoms. The molecule has 3 aromatic rings. The molecule has 1 amide bonds. The summed E-state index contributed by atoms with van der Waals surface area (Å²) in [7, 11) is 0. The van der Waals surface area contributed by atoms with Gasteiger partial charge in [-0.1, -0.05) is 43.2 Å². The topological polar surface area (TPSA) is 66.1 Å². The van der Waals surface area contributed by atoms with Gasteiger partial charge in [0.05, 0.1) is 5.39 Å². The zero-order valence-corrected chi connectivity index (χ0v) is 19.4. The number of nitrogens with zero attached hydrogens (tertiary/aromatic N) is 2. The highest BCUT2D eigenvalue weighted by Crippen LogP contribution is 2.33. The molecule has 2 heterocycles. The van der Waals surface area contributed by atoms with Gasteiger partial charge < -0.3 is 9.88 Å². The summed E-state index contributed by atoms with van der Waals surface area (Å²) in [6, 6.07) is 10.7. The molecule has 6 heteroatoms. The van der Waals surface area contributed by atoms with E-state index in [0.717, 1.165) is 55.3 Å². The third kappa shape index (κ3) is 4.51. The van der Waals surface area contributed by atoms with Crippen molar-refractivity contribution < 1.29 is 4.79 Å². The number of rotatable bonds is 7. The number of amides is 1. The molecule has 0 saturated heterocycles.